The van der Waals surface area contributed by atoms with Gasteiger partial charge in [0.15, 0.2) is 0 Å². The van der Waals surface area contributed by atoms with Crippen LogP contribution in [0.25, 0.3) is 0 Å². The van der Waals surface area contributed by atoms with Gasteiger partial charge < -0.3 is 0 Å². The van der Waals surface area contributed by atoms with Crippen LogP contribution in [0.1, 0.15) is 52.4 Å². The lowest BCUT2D eigenvalue weighted by Crippen LogP contribution is -1.91. The molecular formula is C14H22O3S2. The molecule has 0 aliphatic rings. The standard InChI is InChI=1S/C14H22O3S2/c1-3-5-7-9-11-13(15)18-17-19-14(16)12-10-8-6-4-2/h7-10H,3-6,11-12H2,1-2H3/b9-7+,10-8+. The third kappa shape index (κ3) is 13.7. The summed E-state index contributed by atoms with van der Waals surface area (Å²) in [5.41, 5.74) is 0. The Morgan fingerprint density at radius 3 is 1.63 bits per heavy atom. The third-order valence-electron chi connectivity index (χ3n) is 2.07. The highest BCUT2D eigenvalue weighted by Gasteiger charge is 2.06. The summed E-state index contributed by atoms with van der Waals surface area (Å²) < 4.78 is 4.94. The topological polar surface area (TPSA) is 43.4 Å². The highest BCUT2D eigenvalue weighted by Crippen LogP contribution is 2.19. The van der Waals surface area contributed by atoms with Crippen molar-refractivity contribution in [3.05, 3.63) is 24.3 Å². The third-order valence-corrected chi connectivity index (χ3v) is 3.32. The maximum atomic E-state index is 11.3. The van der Waals surface area contributed by atoms with E-state index in [-0.39, 0.29) is 10.2 Å². The molecule has 0 N–H and O–H groups in total. The highest BCUT2D eigenvalue weighted by molar-refractivity contribution is 8.21. The van der Waals surface area contributed by atoms with Gasteiger partial charge in [0.05, 0.1) is 24.1 Å². The van der Waals surface area contributed by atoms with E-state index in [1.54, 1.807) is 0 Å². The molecule has 5 heteroatoms. The number of carbonyl (C=O) groups excluding carboxylic acids is 2. The van der Waals surface area contributed by atoms with Crippen LogP contribution >= 0.6 is 24.1 Å². The van der Waals surface area contributed by atoms with E-state index < -0.39 is 0 Å². The molecule has 0 aromatic carbocycles. The number of unbranched alkanes of at least 4 members (excludes halogenated alkanes) is 2. The first-order valence-corrected chi connectivity index (χ1v) is 8.05. The van der Waals surface area contributed by atoms with Crippen molar-refractivity contribution in [2.75, 3.05) is 0 Å². The van der Waals surface area contributed by atoms with Gasteiger partial charge in [-0.15, -0.1) is 0 Å². The molecule has 0 unspecified atom stereocenters. The zero-order valence-electron chi connectivity index (χ0n) is 11.6. The lowest BCUT2D eigenvalue weighted by atomic mass is 10.3. The Morgan fingerprint density at radius 2 is 1.26 bits per heavy atom. The van der Waals surface area contributed by atoms with Gasteiger partial charge in [0.2, 0.25) is 10.2 Å². The van der Waals surface area contributed by atoms with Gasteiger partial charge in [-0.1, -0.05) is 51.0 Å². The van der Waals surface area contributed by atoms with Crippen LogP contribution in [0, 0.1) is 0 Å². The predicted molar refractivity (Wildman–Crippen MR) is 83.6 cm³/mol. The van der Waals surface area contributed by atoms with E-state index in [1.807, 2.05) is 24.3 Å². The minimum absolute atomic E-state index is 0.0887. The van der Waals surface area contributed by atoms with Gasteiger partial charge in [-0.3, -0.25) is 9.59 Å². The molecule has 0 aliphatic heterocycles. The smallest absolute Gasteiger partial charge is 0.220 e. The zero-order chi connectivity index (χ0) is 14.3. The Labute approximate surface area is 124 Å². The van der Waals surface area contributed by atoms with E-state index in [9.17, 15) is 9.59 Å². The number of hydrogen-bond acceptors (Lipinski definition) is 5. The molecule has 3 nitrogen and oxygen atoms in total. The van der Waals surface area contributed by atoms with Crippen LogP contribution in [-0.4, -0.2) is 10.2 Å². The van der Waals surface area contributed by atoms with Gasteiger partial charge >= 0.3 is 0 Å². The summed E-state index contributed by atoms with van der Waals surface area (Å²) in [7, 11) is 0. The van der Waals surface area contributed by atoms with Gasteiger partial charge in [0.1, 0.15) is 0 Å². The minimum Gasteiger partial charge on any atom is -0.284 e. The maximum absolute atomic E-state index is 11.3. The first kappa shape index (κ1) is 18.5. The molecule has 0 bridgehead atoms. The Bertz CT molecular complexity index is 282. The summed E-state index contributed by atoms with van der Waals surface area (Å²) in [6.45, 7) is 4.17. The van der Waals surface area contributed by atoms with E-state index in [2.05, 4.69) is 13.8 Å². The average Bonchev–Trinajstić information content (AvgIpc) is 2.40. The van der Waals surface area contributed by atoms with Gasteiger partial charge in [-0.25, -0.2) is 3.63 Å². The molecule has 0 spiro atoms. The zero-order valence-corrected chi connectivity index (χ0v) is 13.2. The summed E-state index contributed by atoms with van der Waals surface area (Å²) >= 11 is 1.47. The number of allylic oxidation sites excluding steroid dienone is 4. The van der Waals surface area contributed by atoms with Crippen LogP contribution in [0.15, 0.2) is 24.3 Å². The van der Waals surface area contributed by atoms with Crippen molar-refractivity contribution in [1.29, 1.82) is 0 Å². The molecule has 0 saturated carbocycles. The molecule has 0 fully saturated rings. The lowest BCUT2D eigenvalue weighted by Gasteiger charge is -1.96. The van der Waals surface area contributed by atoms with Crippen LogP contribution in [0.5, 0.6) is 0 Å². The molecule has 108 valence electrons. The number of carbonyl (C=O) groups is 2. The largest absolute Gasteiger partial charge is 0.284 e. The normalized spacial score (nSPS) is 11.5. The van der Waals surface area contributed by atoms with Crippen LogP contribution < -0.4 is 0 Å². The Kier molecular flexibility index (Phi) is 13.5. The summed E-state index contributed by atoms with van der Waals surface area (Å²) in [6, 6.07) is 0. The van der Waals surface area contributed by atoms with Crippen LogP contribution in [-0.2, 0) is 13.2 Å². The van der Waals surface area contributed by atoms with E-state index in [1.165, 1.54) is 0 Å². The van der Waals surface area contributed by atoms with Crippen molar-refractivity contribution in [3.63, 3.8) is 0 Å². The first-order valence-electron chi connectivity index (χ1n) is 6.57. The van der Waals surface area contributed by atoms with Crippen LogP contribution in [0.4, 0.5) is 0 Å². The molecular weight excluding hydrogens is 280 g/mol. The van der Waals surface area contributed by atoms with Crippen molar-refractivity contribution in [2.45, 2.75) is 52.4 Å². The minimum atomic E-state index is -0.0887. The van der Waals surface area contributed by atoms with Crippen molar-refractivity contribution in [1.82, 2.24) is 0 Å². The van der Waals surface area contributed by atoms with Crippen molar-refractivity contribution in [3.8, 4) is 0 Å². The van der Waals surface area contributed by atoms with Crippen molar-refractivity contribution >= 4 is 34.3 Å². The van der Waals surface area contributed by atoms with Gasteiger partial charge in [-0.05, 0) is 12.8 Å². The van der Waals surface area contributed by atoms with Gasteiger partial charge in [0.25, 0.3) is 0 Å². The molecule has 0 amide bonds. The SMILES string of the molecule is CCC/C=C/CC(=O)SOSC(=O)C/C=C/CCC. The Hall–Kier alpha value is -0.520. The Morgan fingerprint density at radius 1 is 0.842 bits per heavy atom. The summed E-state index contributed by atoms with van der Waals surface area (Å²) in [4.78, 5) is 22.7. The van der Waals surface area contributed by atoms with Gasteiger partial charge in [0, 0.05) is 12.8 Å². The summed E-state index contributed by atoms with van der Waals surface area (Å²) in [6.07, 6.45) is 12.4. The quantitative estimate of drug-likeness (QED) is 0.426. The summed E-state index contributed by atoms with van der Waals surface area (Å²) in [5.74, 6) is 0. The molecule has 0 rings (SSSR count). The second-order valence-corrected chi connectivity index (χ2v) is 5.70. The second kappa shape index (κ2) is 13.9. The molecule has 0 aromatic heterocycles. The maximum Gasteiger partial charge on any atom is 0.220 e. The fourth-order valence-corrected chi connectivity index (χ4v) is 2.16. The van der Waals surface area contributed by atoms with Gasteiger partial charge in [-0.2, -0.15) is 0 Å². The van der Waals surface area contributed by atoms with E-state index >= 15 is 0 Å². The van der Waals surface area contributed by atoms with Crippen LogP contribution in [0.3, 0.4) is 0 Å². The van der Waals surface area contributed by atoms with Crippen molar-refractivity contribution in [2.24, 2.45) is 0 Å². The second-order valence-electron chi connectivity index (χ2n) is 3.91. The average molecular weight is 302 g/mol. The van der Waals surface area contributed by atoms with E-state index in [4.69, 9.17) is 3.63 Å². The predicted octanol–water partition coefficient (Wildman–Crippen LogP) is 4.85. The highest BCUT2D eigenvalue weighted by atomic mass is 32.2. The van der Waals surface area contributed by atoms with Crippen molar-refractivity contribution < 1.29 is 13.2 Å². The number of rotatable bonds is 10. The van der Waals surface area contributed by atoms with Crippen LogP contribution in [0.2, 0.25) is 0 Å². The molecule has 0 aliphatic carbocycles. The fourth-order valence-electron chi connectivity index (χ4n) is 1.09. The molecule has 0 atom stereocenters. The number of hydrogen-bond donors (Lipinski definition) is 0. The van der Waals surface area contributed by atoms with E-state index in [0.717, 1.165) is 49.8 Å². The molecule has 0 aromatic rings. The first-order chi connectivity index (χ1) is 9.20. The molecule has 0 radical (unpaired) electrons. The monoisotopic (exact) mass is 302 g/mol. The lowest BCUT2D eigenvalue weighted by molar-refractivity contribution is -0.110. The molecule has 0 heterocycles. The molecule has 19 heavy (non-hydrogen) atoms. The van der Waals surface area contributed by atoms with E-state index in [0.29, 0.717) is 12.8 Å². The fraction of sp³-hybridized carbons (Fsp3) is 0.571. The summed E-state index contributed by atoms with van der Waals surface area (Å²) in [5, 5.41) is -0.177. The molecule has 0 saturated heterocycles. The Balaban J connectivity index is 3.56.